The van der Waals surface area contributed by atoms with Crippen molar-refractivity contribution in [2.45, 2.75) is 70.8 Å². The van der Waals surface area contributed by atoms with Gasteiger partial charge in [0.1, 0.15) is 6.29 Å². The summed E-state index contributed by atoms with van der Waals surface area (Å²) in [6.45, 7) is 3.15. The molecule has 0 saturated heterocycles. The van der Waals surface area contributed by atoms with Gasteiger partial charge in [0.25, 0.3) is 0 Å². The Kier molecular flexibility index (Phi) is 5.68. The van der Waals surface area contributed by atoms with Crippen molar-refractivity contribution in [2.24, 2.45) is 17.8 Å². The molecule has 4 atom stereocenters. The van der Waals surface area contributed by atoms with E-state index < -0.39 is 0 Å². The van der Waals surface area contributed by atoms with Crippen LogP contribution in [0.1, 0.15) is 64.7 Å². The van der Waals surface area contributed by atoms with Gasteiger partial charge in [-0.25, -0.2) is 0 Å². The van der Waals surface area contributed by atoms with Crippen LogP contribution in [0.2, 0.25) is 0 Å². The van der Waals surface area contributed by atoms with Gasteiger partial charge in [-0.2, -0.15) is 0 Å². The Labute approximate surface area is 111 Å². The van der Waals surface area contributed by atoms with Crippen molar-refractivity contribution in [3.63, 3.8) is 0 Å². The van der Waals surface area contributed by atoms with Crippen LogP contribution in [0.15, 0.2) is 0 Å². The number of hydrogen-bond donors (Lipinski definition) is 0. The quantitative estimate of drug-likeness (QED) is 0.528. The average molecular weight is 252 g/mol. The van der Waals surface area contributed by atoms with Crippen molar-refractivity contribution in [3.8, 4) is 0 Å². The molecule has 2 aliphatic rings. The van der Waals surface area contributed by atoms with E-state index in [4.69, 9.17) is 4.74 Å². The Bertz CT molecular complexity index is 251. The zero-order valence-electron chi connectivity index (χ0n) is 11.8. The maximum atomic E-state index is 11.2. The van der Waals surface area contributed by atoms with Gasteiger partial charge in [-0.15, -0.1) is 0 Å². The first-order chi connectivity index (χ1) is 8.86. The van der Waals surface area contributed by atoms with Gasteiger partial charge in [0, 0.05) is 12.5 Å². The van der Waals surface area contributed by atoms with E-state index in [0.717, 1.165) is 19.4 Å². The highest BCUT2D eigenvalue weighted by atomic mass is 16.5. The third-order valence-electron chi connectivity index (χ3n) is 4.94. The van der Waals surface area contributed by atoms with Crippen LogP contribution in [0.25, 0.3) is 0 Å². The summed E-state index contributed by atoms with van der Waals surface area (Å²) in [5, 5.41) is 0. The van der Waals surface area contributed by atoms with Crippen molar-refractivity contribution in [3.05, 3.63) is 0 Å². The molecule has 2 rings (SSSR count). The van der Waals surface area contributed by atoms with Gasteiger partial charge in [-0.1, -0.05) is 32.6 Å². The molecular weight excluding hydrogens is 224 g/mol. The normalized spacial score (nSPS) is 36.1. The Hall–Kier alpha value is -0.370. The second kappa shape index (κ2) is 7.28. The number of ether oxygens (including phenoxy) is 1. The minimum Gasteiger partial charge on any atom is -0.378 e. The van der Waals surface area contributed by atoms with E-state index in [-0.39, 0.29) is 0 Å². The molecule has 2 nitrogen and oxygen atoms in total. The Morgan fingerprint density at radius 3 is 2.56 bits per heavy atom. The molecule has 0 aromatic carbocycles. The summed E-state index contributed by atoms with van der Waals surface area (Å²) in [4.78, 5) is 11.2. The van der Waals surface area contributed by atoms with E-state index in [9.17, 15) is 4.79 Å². The second-order valence-corrected chi connectivity index (χ2v) is 6.11. The van der Waals surface area contributed by atoms with E-state index >= 15 is 0 Å². The highest BCUT2D eigenvalue weighted by molar-refractivity contribution is 5.54. The third kappa shape index (κ3) is 3.34. The Morgan fingerprint density at radius 1 is 1.06 bits per heavy atom. The van der Waals surface area contributed by atoms with Gasteiger partial charge >= 0.3 is 0 Å². The molecule has 0 bridgehead atoms. The smallest absolute Gasteiger partial charge is 0.123 e. The summed E-state index contributed by atoms with van der Waals surface area (Å²) in [5.74, 6) is 1.62. The van der Waals surface area contributed by atoms with Crippen LogP contribution in [0.5, 0.6) is 0 Å². The van der Waals surface area contributed by atoms with Gasteiger partial charge in [-0.3, -0.25) is 0 Å². The van der Waals surface area contributed by atoms with Gasteiger partial charge in [0.15, 0.2) is 0 Å². The van der Waals surface area contributed by atoms with Crippen molar-refractivity contribution in [1.82, 2.24) is 0 Å². The lowest BCUT2D eigenvalue weighted by Crippen LogP contribution is -2.42. The Balaban J connectivity index is 1.85. The average Bonchev–Trinajstić information content (AvgIpc) is 2.43. The van der Waals surface area contributed by atoms with Crippen LogP contribution in [-0.2, 0) is 9.53 Å². The van der Waals surface area contributed by atoms with E-state index in [1.54, 1.807) is 0 Å². The lowest BCUT2D eigenvalue weighted by Gasteiger charge is -2.44. The van der Waals surface area contributed by atoms with Crippen LogP contribution in [-0.4, -0.2) is 19.0 Å². The van der Waals surface area contributed by atoms with Gasteiger partial charge in [0.05, 0.1) is 6.10 Å². The third-order valence-corrected chi connectivity index (χ3v) is 4.94. The predicted octanol–water partition coefficient (Wildman–Crippen LogP) is 3.98. The van der Waals surface area contributed by atoms with Gasteiger partial charge in [-0.05, 0) is 43.9 Å². The summed E-state index contributed by atoms with van der Waals surface area (Å²) in [7, 11) is 0. The molecule has 2 fully saturated rings. The number of carbonyl (C=O) groups is 1. The van der Waals surface area contributed by atoms with Crippen LogP contribution in [0.3, 0.4) is 0 Å². The second-order valence-electron chi connectivity index (χ2n) is 6.11. The molecule has 0 spiro atoms. The molecule has 4 unspecified atom stereocenters. The number of rotatable bonds is 6. The lowest BCUT2D eigenvalue weighted by atomic mass is 9.64. The first-order valence-electron chi connectivity index (χ1n) is 7.93. The fourth-order valence-corrected chi connectivity index (χ4v) is 3.93. The van der Waals surface area contributed by atoms with E-state index in [2.05, 4.69) is 6.92 Å². The maximum Gasteiger partial charge on any atom is 0.123 e. The molecule has 0 N–H and O–H groups in total. The first kappa shape index (κ1) is 14.0. The lowest BCUT2D eigenvalue weighted by molar-refractivity contribution is -0.120. The molecule has 0 amide bonds. The monoisotopic (exact) mass is 252 g/mol. The predicted molar refractivity (Wildman–Crippen MR) is 73.5 cm³/mol. The standard InChI is InChI=1S/C16H28O2/c1-2-3-6-11-18-16-10-9-13(12-17)14-7-4-5-8-15(14)16/h12-16H,2-11H2,1H3. The van der Waals surface area contributed by atoms with Crippen molar-refractivity contribution in [1.29, 1.82) is 0 Å². The molecule has 2 saturated carbocycles. The number of aldehydes is 1. The van der Waals surface area contributed by atoms with Crippen LogP contribution in [0, 0.1) is 17.8 Å². The maximum absolute atomic E-state index is 11.2. The summed E-state index contributed by atoms with van der Waals surface area (Å²) in [6, 6.07) is 0. The molecule has 2 heteroatoms. The molecule has 0 aromatic heterocycles. The molecule has 18 heavy (non-hydrogen) atoms. The summed E-state index contributed by atoms with van der Waals surface area (Å²) in [5.41, 5.74) is 0. The summed E-state index contributed by atoms with van der Waals surface area (Å²) < 4.78 is 6.13. The van der Waals surface area contributed by atoms with Crippen molar-refractivity contribution in [2.75, 3.05) is 6.61 Å². The molecule has 2 aliphatic carbocycles. The number of carbonyl (C=O) groups excluding carboxylic acids is 1. The number of unbranched alkanes of at least 4 members (excludes halogenated alkanes) is 2. The summed E-state index contributed by atoms with van der Waals surface area (Å²) >= 11 is 0. The van der Waals surface area contributed by atoms with Crippen LogP contribution < -0.4 is 0 Å². The highest BCUT2D eigenvalue weighted by Gasteiger charge is 2.40. The summed E-state index contributed by atoms with van der Waals surface area (Å²) in [6.07, 6.45) is 12.7. The molecule has 0 heterocycles. The van der Waals surface area contributed by atoms with E-state index in [1.807, 2.05) is 0 Å². The first-order valence-corrected chi connectivity index (χ1v) is 7.93. The van der Waals surface area contributed by atoms with Crippen LogP contribution in [0.4, 0.5) is 0 Å². The minimum atomic E-state index is 0.325. The zero-order chi connectivity index (χ0) is 12.8. The largest absolute Gasteiger partial charge is 0.378 e. The number of fused-ring (bicyclic) bond motifs is 1. The van der Waals surface area contributed by atoms with Crippen molar-refractivity contribution >= 4 is 6.29 Å². The van der Waals surface area contributed by atoms with Crippen molar-refractivity contribution < 1.29 is 9.53 Å². The fraction of sp³-hybridized carbons (Fsp3) is 0.938. The molecule has 0 radical (unpaired) electrons. The molecule has 104 valence electrons. The van der Waals surface area contributed by atoms with Crippen LogP contribution >= 0.6 is 0 Å². The SMILES string of the molecule is CCCCCOC1CCC(C=O)C2CCCCC12. The topological polar surface area (TPSA) is 26.3 Å². The minimum absolute atomic E-state index is 0.325. The molecular formula is C16H28O2. The van der Waals surface area contributed by atoms with E-state index in [0.29, 0.717) is 23.9 Å². The molecule has 0 aliphatic heterocycles. The zero-order valence-corrected chi connectivity index (χ0v) is 11.8. The van der Waals surface area contributed by atoms with E-state index in [1.165, 1.54) is 51.2 Å². The Morgan fingerprint density at radius 2 is 1.83 bits per heavy atom. The van der Waals surface area contributed by atoms with Gasteiger partial charge in [0.2, 0.25) is 0 Å². The fourth-order valence-electron chi connectivity index (χ4n) is 3.93. The van der Waals surface area contributed by atoms with Gasteiger partial charge < -0.3 is 9.53 Å². The number of hydrogen-bond acceptors (Lipinski definition) is 2. The molecule has 0 aromatic rings. The highest BCUT2D eigenvalue weighted by Crippen LogP contribution is 2.44.